The molecule has 0 saturated carbocycles. The first-order valence-electron chi connectivity index (χ1n) is 9.58. The number of benzene rings is 1. The molecule has 0 spiro atoms. The van der Waals surface area contributed by atoms with Gasteiger partial charge in [0.1, 0.15) is 11.6 Å². The van der Waals surface area contributed by atoms with Gasteiger partial charge >= 0.3 is 0 Å². The molecule has 4 nitrogen and oxygen atoms in total. The van der Waals surface area contributed by atoms with Gasteiger partial charge in [-0.3, -0.25) is 4.79 Å². The summed E-state index contributed by atoms with van der Waals surface area (Å²) in [5.74, 6) is 0.0838. The molecule has 1 amide bonds. The third-order valence-electron chi connectivity index (χ3n) is 5.34. The maximum Gasteiger partial charge on any atom is 0.263 e. The summed E-state index contributed by atoms with van der Waals surface area (Å²) in [5, 5.41) is 0. The Kier molecular flexibility index (Phi) is 6.29. The second kappa shape index (κ2) is 8.65. The van der Waals surface area contributed by atoms with E-state index in [4.69, 9.17) is 4.74 Å². The molecule has 2 aliphatic rings. The fourth-order valence-corrected chi connectivity index (χ4v) is 3.96. The van der Waals surface area contributed by atoms with Crippen molar-refractivity contribution in [3.05, 3.63) is 30.1 Å². The zero-order valence-electron chi connectivity index (χ0n) is 15.1. The number of halogens is 1. The van der Waals surface area contributed by atoms with E-state index in [1.165, 1.54) is 44.5 Å². The lowest BCUT2D eigenvalue weighted by atomic mass is 9.98. The smallest absolute Gasteiger partial charge is 0.263 e. The standard InChI is InChI=1S/C20H29FN2O2/c1-16(25-19-9-6-7-17(21)15-19)20(24)23-13-3-2-8-18(23)10-14-22-11-4-5-12-22/h6-7,9,15-16,18H,2-5,8,10-14H2,1H3/t16-,18-/m0/s1. The van der Waals surface area contributed by atoms with Crippen LogP contribution in [0.15, 0.2) is 24.3 Å². The van der Waals surface area contributed by atoms with Crippen molar-refractivity contribution in [3.8, 4) is 5.75 Å². The first-order chi connectivity index (χ1) is 12.1. The van der Waals surface area contributed by atoms with Crippen LogP contribution in [0.1, 0.15) is 45.4 Å². The fraction of sp³-hybridized carbons (Fsp3) is 0.650. The van der Waals surface area contributed by atoms with E-state index in [-0.39, 0.29) is 11.7 Å². The highest BCUT2D eigenvalue weighted by atomic mass is 19.1. The number of rotatable bonds is 6. The quantitative estimate of drug-likeness (QED) is 0.789. The number of nitrogens with zero attached hydrogens (tertiary/aromatic N) is 2. The minimum Gasteiger partial charge on any atom is -0.481 e. The second-order valence-electron chi connectivity index (χ2n) is 7.24. The first kappa shape index (κ1) is 18.2. The van der Waals surface area contributed by atoms with Gasteiger partial charge in [-0.1, -0.05) is 6.07 Å². The highest BCUT2D eigenvalue weighted by molar-refractivity contribution is 5.81. The highest BCUT2D eigenvalue weighted by Gasteiger charge is 2.31. The minimum absolute atomic E-state index is 0.0235. The molecule has 2 heterocycles. The van der Waals surface area contributed by atoms with E-state index in [1.807, 2.05) is 4.90 Å². The average Bonchev–Trinajstić information content (AvgIpc) is 3.13. The van der Waals surface area contributed by atoms with Crippen molar-refractivity contribution >= 4 is 5.91 Å². The number of ether oxygens (including phenoxy) is 1. The summed E-state index contributed by atoms with van der Waals surface area (Å²) < 4.78 is 19.0. The van der Waals surface area contributed by atoms with E-state index in [2.05, 4.69) is 4.90 Å². The van der Waals surface area contributed by atoms with Gasteiger partial charge in [0.05, 0.1) is 0 Å². The van der Waals surface area contributed by atoms with Crippen molar-refractivity contribution < 1.29 is 13.9 Å². The Hall–Kier alpha value is -1.62. The molecule has 2 aliphatic heterocycles. The normalized spacial score (nSPS) is 22.8. The highest BCUT2D eigenvalue weighted by Crippen LogP contribution is 2.23. The van der Waals surface area contributed by atoms with Crippen LogP contribution >= 0.6 is 0 Å². The number of carbonyl (C=O) groups excluding carboxylic acids is 1. The van der Waals surface area contributed by atoms with Crippen LogP contribution in [0.2, 0.25) is 0 Å². The monoisotopic (exact) mass is 348 g/mol. The first-order valence-corrected chi connectivity index (χ1v) is 9.58. The molecule has 25 heavy (non-hydrogen) atoms. The van der Waals surface area contributed by atoms with E-state index in [1.54, 1.807) is 19.1 Å². The molecule has 0 unspecified atom stereocenters. The molecule has 0 radical (unpaired) electrons. The summed E-state index contributed by atoms with van der Waals surface area (Å²) >= 11 is 0. The lowest BCUT2D eigenvalue weighted by Gasteiger charge is -2.38. The number of hydrogen-bond acceptors (Lipinski definition) is 3. The molecular formula is C20H29FN2O2. The molecule has 0 N–H and O–H groups in total. The number of carbonyl (C=O) groups is 1. The predicted molar refractivity (Wildman–Crippen MR) is 96.1 cm³/mol. The van der Waals surface area contributed by atoms with Gasteiger partial charge in [0, 0.05) is 25.2 Å². The Morgan fingerprint density at radius 3 is 2.76 bits per heavy atom. The van der Waals surface area contributed by atoms with Crippen LogP contribution in [0.5, 0.6) is 5.75 Å². The molecule has 2 atom stereocenters. The Morgan fingerprint density at radius 1 is 1.24 bits per heavy atom. The van der Waals surface area contributed by atoms with E-state index < -0.39 is 6.10 Å². The van der Waals surface area contributed by atoms with Gasteiger partial charge in [-0.15, -0.1) is 0 Å². The molecule has 1 aromatic rings. The van der Waals surface area contributed by atoms with Crippen LogP contribution in [0.25, 0.3) is 0 Å². The van der Waals surface area contributed by atoms with Crippen molar-refractivity contribution in [2.45, 2.75) is 57.6 Å². The summed E-state index contributed by atoms with van der Waals surface area (Å²) in [7, 11) is 0. The van der Waals surface area contributed by atoms with Gasteiger partial charge in [0.25, 0.3) is 5.91 Å². The zero-order chi connectivity index (χ0) is 17.6. The zero-order valence-corrected chi connectivity index (χ0v) is 15.1. The summed E-state index contributed by atoms with van der Waals surface area (Å²) in [6.45, 7) is 6.03. The molecule has 138 valence electrons. The third kappa shape index (κ3) is 4.94. The van der Waals surface area contributed by atoms with E-state index >= 15 is 0 Å². The number of hydrogen-bond donors (Lipinski definition) is 0. The summed E-state index contributed by atoms with van der Waals surface area (Å²) in [6.07, 6.45) is 6.36. The van der Waals surface area contributed by atoms with E-state index in [9.17, 15) is 9.18 Å². The Labute approximate surface area is 149 Å². The van der Waals surface area contributed by atoms with Crippen molar-refractivity contribution in [1.82, 2.24) is 9.80 Å². The van der Waals surface area contributed by atoms with E-state index in [0.29, 0.717) is 11.8 Å². The van der Waals surface area contributed by atoms with Gasteiger partial charge < -0.3 is 14.5 Å². The lowest BCUT2D eigenvalue weighted by molar-refractivity contribution is -0.142. The van der Waals surface area contributed by atoms with Crippen LogP contribution in [0, 0.1) is 5.82 Å². The molecule has 0 bridgehead atoms. The molecule has 1 aromatic carbocycles. The van der Waals surface area contributed by atoms with Gasteiger partial charge in [-0.2, -0.15) is 0 Å². The number of piperidine rings is 1. The van der Waals surface area contributed by atoms with E-state index in [0.717, 1.165) is 32.4 Å². The topological polar surface area (TPSA) is 32.8 Å². The van der Waals surface area contributed by atoms with Gasteiger partial charge in [-0.25, -0.2) is 4.39 Å². The van der Waals surface area contributed by atoms with Crippen molar-refractivity contribution in [1.29, 1.82) is 0 Å². The van der Waals surface area contributed by atoms with Crippen molar-refractivity contribution in [3.63, 3.8) is 0 Å². The molecular weight excluding hydrogens is 319 g/mol. The van der Waals surface area contributed by atoms with Crippen LogP contribution in [-0.4, -0.2) is 54.0 Å². The largest absolute Gasteiger partial charge is 0.481 e. The van der Waals surface area contributed by atoms with Gasteiger partial charge in [-0.05, 0) is 70.7 Å². The predicted octanol–water partition coefficient (Wildman–Crippen LogP) is 3.46. The minimum atomic E-state index is -0.589. The average molecular weight is 348 g/mol. The Morgan fingerprint density at radius 2 is 2.00 bits per heavy atom. The molecule has 2 fully saturated rings. The molecule has 2 saturated heterocycles. The number of amides is 1. The maximum atomic E-state index is 13.3. The number of likely N-dealkylation sites (tertiary alicyclic amines) is 2. The summed E-state index contributed by atoms with van der Waals surface area (Å²) in [5.41, 5.74) is 0. The molecule has 0 aliphatic carbocycles. The molecule has 5 heteroatoms. The maximum absolute atomic E-state index is 13.3. The SMILES string of the molecule is C[C@H](Oc1cccc(F)c1)C(=O)N1CCCC[C@H]1CCN1CCCC1. The van der Waals surface area contributed by atoms with Crippen LogP contribution in [-0.2, 0) is 4.79 Å². The van der Waals surface area contributed by atoms with Crippen LogP contribution in [0.3, 0.4) is 0 Å². The fourth-order valence-electron chi connectivity index (χ4n) is 3.96. The second-order valence-corrected chi connectivity index (χ2v) is 7.24. The lowest BCUT2D eigenvalue weighted by Crippen LogP contribution is -2.49. The molecule has 3 rings (SSSR count). The summed E-state index contributed by atoms with van der Waals surface area (Å²) in [6, 6.07) is 6.29. The van der Waals surface area contributed by atoms with Crippen molar-refractivity contribution in [2.24, 2.45) is 0 Å². The van der Waals surface area contributed by atoms with Crippen LogP contribution in [0.4, 0.5) is 4.39 Å². The Bertz CT molecular complexity index is 575. The Balaban J connectivity index is 1.57. The van der Waals surface area contributed by atoms with Crippen molar-refractivity contribution in [2.75, 3.05) is 26.2 Å². The third-order valence-corrected chi connectivity index (χ3v) is 5.34. The van der Waals surface area contributed by atoms with Gasteiger partial charge in [0.2, 0.25) is 0 Å². The van der Waals surface area contributed by atoms with Gasteiger partial charge in [0.15, 0.2) is 6.10 Å². The molecule has 0 aromatic heterocycles. The van der Waals surface area contributed by atoms with Crippen LogP contribution < -0.4 is 4.74 Å². The summed E-state index contributed by atoms with van der Waals surface area (Å²) in [4.78, 5) is 17.4.